The summed E-state index contributed by atoms with van der Waals surface area (Å²) in [5, 5.41) is 3.16. The zero-order chi connectivity index (χ0) is 18.4. The molecule has 1 fully saturated rings. The molecule has 0 bridgehead atoms. The first kappa shape index (κ1) is 17.7. The minimum atomic E-state index is 0.102. The molecule has 0 radical (unpaired) electrons. The lowest BCUT2D eigenvalue weighted by atomic mass is 10.2. The molecule has 2 aromatic rings. The van der Waals surface area contributed by atoms with Crippen LogP contribution in [0.5, 0.6) is 5.75 Å². The minimum absolute atomic E-state index is 0.102. The third-order valence-electron chi connectivity index (χ3n) is 4.54. The number of methoxy groups -OCH3 is 1. The van der Waals surface area contributed by atoms with Gasteiger partial charge < -0.3 is 19.9 Å². The minimum Gasteiger partial charge on any atom is -0.497 e. The fourth-order valence-electron chi connectivity index (χ4n) is 3.02. The summed E-state index contributed by atoms with van der Waals surface area (Å²) >= 11 is 0. The molecule has 134 valence electrons. The fourth-order valence-corrected chi connectivity index (χ4v) is 3.02. The molecule has 5 heteroatoms. The first-order valence-corrected chi connectivity index (χ1v) is 8.67. The first-order chi connectivity index (χ1) is 12.7. The third kappa shape index (κ3) is 4.28. The largest absolute Gasteiger partial charge is 0.497 e. The second kappa shape index (κ2) is 8.30. The Morgan fingerprint density at radius 2 is 1.88 bits per heavy atom. The van der Waals surface area contributed by atoms with Gasteiger partial charge in [-0.2, -0.15) is 0 Å². The summed E-state index contributed by atoms with van der Waals surface area (Å²) in [5.74, 6) is 3.55. The van der Waals surface area contributed by atoms with E-state index < -0.39 is 0 Å². The van der Waals surface area contributed by atoms with E-state index in [2.05, 4.69) is 28.3 Å². The van der Waals surface area contributed by atoms with Crippen LogP contribution in [0.25, 0.3) is 0 Å². The average Bonchev–Trinajstić information content (AvgIpc) is 2.72. The molecule has 0 aromatic heterocycles. The van der Waals surface area contributed by atoms with E-state index in [1.807, 2.05) is 41.3 Å². The highest BCUT2D eigenvalue weighted by Crippen LogP contribution is 2.20. The van der Waals surface area contributed by atoms with Gasteiger partial charge in [0, 0.05) is 43.1 Å². The predicted octanol–water partition coefficient (Wildman–Crippen LogP) is 2.44. The van der Waals surface area contributed by atoms with Crippen molar-refractivity contribution in [1.29, 1.82) is 0 Å². The number of terminal acetylenes is 1. The van der Waals surface area contributed by atoms with Crippen molar-refractivity contribution in [2.75, 3.05) is 50.1 Å². The number of carbonyl (C=O) groups excluding carboxylic acids is 1. The van der Waals surface area contributed by atoms with Crippen molar-refractivity contribution >= 4 is 17.3 Å². The molecule has 0 spiro atoms. The van der Waals surface area contributed by atoms with E-state index in [1.165, 1.54) is 0 Å². The fraction of sp³-hybridized carbons (Fsp3) is 0.286. The highest BCUT2D eigenvalue weighted by molar-refractivity contribution is 5.81. The lowest BCUT2D eigenvalue weighted by molar-refractivity contribution is -0.129. The van der Waals surface area contributed by atoms with Crippen LogP contribution in [0, 0.1) is 12.3 Å². The van der Waals surface area contributed by atoms with Crippen molar-refractivity contribution < 1.29 is 9.53 Å². The summed E-state index contributed by atoms with van der Waals surface area (Å²) in [6.07, 6.45) is 5.40. The number of piperazine rings is 1. The molecule has 0 unspecified atom stereocenters. The number of anilines is 2. The van der Waals surface area contributed by atoms with E-state index in [4.69, 9.17) is 11.2 Å². The third-order valence-corrected chi connectivity index (χ3v) is 4.54. The van der Waals surface area contributed by atoms with Crippen LogP contribution in [0.15, 0.2) is 48.5 Å². The molecule has 1 aliphatic heterocycles. The Morgan fingerprint density at radius 3 is 2.54 bits per heavy atom. The summed E-state index contributed by atoms with van der Waals surface area (Å²) in [7, 11) is 1.66. The zero-order valence-corrected chi connectivity index (χ0v) is 14.9. The smallest absolute Gasteiger partial charge is 0.241 e. The molecule has 1 saturated heterocycles. The molecule has 1 aliphatic rings. The maximum Gasteiger partial charge on any atom is 0.241 e. The Morgan fingerprint density at radius 1 is 1.15 bits per heavy atom. The van der Waals surface area contributed by atoms with Gasteiger partial charge in [0.2, 0.25) is 5.91 Å². The molecule has 3 rings (SSSR count). The van der Waals surface area contributed by atoms with Gasteiger partial charge in [-0.05, 0) is 42.5 Å². The van der Waals surface area contributed by atoms with Crippen molar-refractivity contribution in [2.24, 2.45) is 0 Å². The van der Waals surface area contributed by atoms with E-state index in [0.29, 0.717) is 0 Å². The van der Waals surface area contributed by atoms with Gasteiger partial charge >= 0.3 is 0 Å². The van der Waals surface area contributed by atoms with E-state index in [1.54, 1.807) is 7.11 Å². The van der Waals surface area contributed by atoms with Gasteiger partial charge in [0.25, 0.3) is 0 Å². The maximum atomic E-state index is 12.4. The van der Waals surface area contributed by atoms with Crippen LogP contribution < -0.4 is 15.0 Å². The summed E-state index contributed by atoms with van der Waals surface area (Å²) in [6.45, 7) is 3.36. The van der Waals surface area contributed by atoms with Crippen molar-refractivity contribution in [1.82, 2.24) is 4.90 Å². The molecule has 1 heterocycles. The lowest BCUT2D eigenvalue weighted by Crippen LogP contribution is -2.50. The highest BCUT2D eigenvalue weighted by Gasteiger charge is 2.21. The second-order valence-electron chi connectivity index (χ2n) is 6.14. The molecular weight excluding hydrogens is 326 g/mol. The number of carbonyl (C=O) groups is 1. The molecule has 5 nitrogen and oxygen atoms in total. The van der Waals surface area contributed by atoms with Crippen molar-refractivity contribution in [3.05, 3.63) is 54.1 Å². The standard InChI is InChI=1S/C21H23N3O2/c1-3-17-5-4-6-18(15-17)22-16-21(25)24-13-11-23(12-14-24)19-7-9-20(26-2)10-8-19/h1,4-10,15,22H,11-14,16H2,2H3. The maximum absolute atomic E-state index is 12.4. The van der Waals surface area contributed by atoms with Crippen molar-refractivity contribution in [2.45, 2.75) is 0 Å². The topological polar surface area (TPSA) is 44.8 Å². The number of benzene rings is 2. The molecule has 0 saturated carbocycles. The van der Waals surface area contributed by atoms with Crippen molar-refractivity contribution in [3.8, 4) is 18.1 Å². The Kier molecular flexibility index (Phi) is 5.65. The number of nitrogens with zero attached hydrogens (tertiary/aromatic N) is 2. The van der Waals surface area contributed by atoms with Gasteiger partial charge in [-0.1, -0.05) is 12.0 Å². The monoisotopic (exact) mass is 349 g/mol. The number of hydrogen-bond acceptors (Lipinski definition) is 4. The average molecular weight is 349 g/mol. The Labute approximate surface area is 154 Å². The second-order valence-corrected chi connectivity index (χ2v) is 6.14. The van der Waals surface area contributed by atoms with E-state index in [9.17, 15) is 4.79 Å². The molecule has 0 aliphatic carbocycles. The van der Waals surface area contributed by atoms with Crippen LogP contribution in [0.4, 0.5) is 11.4 Å². The van der Waals surface area contributed by atoms with Crippen LogP contribution >= 0.6 is 0 Å². The first-order valence-electron chi connectivity index (χ1n) is 8.67. The number of amides is 1. The van der Waals surface area contributed by atoms with Gasteiger partial charge in [-0.3, -0.25) is 4.79 Å². The molecule has 1 amide bonds. The van der Waals surface area contributed by atoms with Gasteiger partial charge in [-0.15, -0.1) is 6.42 Å². The molecule has 1 N–H and O–H groups in total. The molecule has 26 heavy (non-hydrogen) atoms. The predicted molar refractivity (Wildman–Crippen MR) is 105 cm³/mol. The number of ether oxygens (including phenoxy) is 1. The number of hydrogen-bond donors (Lipinski definition) is 1. The highest BCUT2D eigenvalue weighted by atomic mass is 16.5. The van der Waals surface area contributed by atoms with Crippen LogP contribution in [0.3, 0.4) is 0 Å². The quantitative estimate of drug-likeness (QED) is 0.842. The summed E-state index contributed by atoms with van der Waals surface area (Å²) in [5.41, 5.74) is 2.82. The van der Waals surface area contributed by atoms with Crippen molar-refractivity contribution in [3.63, 3.8) is 0 Å². The molecular formula is C21H23N3O2. The van der Waals surface area contributed by atoms with Crippen LogP contribution in [-0.4, -0.2) is 50.6 Å². The van der Waals surface area contributed by atoms with E-state index in [-0.39, 0.29) is 12.5 Å². The van der Waals surface area contributed by atoms with Gasteiger partial charge in [0.15, 0.2) is 0 Å². The Bertz CT molecular complexity index is 788. The van der Waals surface area contributed by atoms with E-state index in [0.717, 1.165) is 48.9 Å². The molecule has 2 aromatic carbocycles. The van der Waals surface area contributed by atoms with E-state index >= 15 is 0 Å². The normalized spacial score (nSPS) is 13.8. The summed E-state index contributed by atoms with van der Waals surface area (Å²) in [4.78, 5) is 16.6. The van der Waals surface area contributed by atoms with Crippen LogP contribution in [0.1, 0.15) is 5.56 Å². The summed E-state index contributed by atoms with van der Waals surface area (Å²) in [6, 6.07) is 15.6. The SMILES string of the molecule is C#Cc1cccc(NCC(=O)N2CCN(c3ccc(OC)cc3)CC2)c1. The number of nitrogens with one attached hydrogen (secondary N) is 1. The van der Waals surface area contributed by atoms with Gasteiger partial charge in [0.1, 0.15) is 5.75 Å². The van der Waals surface area contributed by atoms with Gasteiger partial charge in [-0.25, -0.2) is 0 Å². The number of rotatable bonds is 5. The molecule has 0 atom stereocenters. The Balaban J connectivity index is 1.49. The van der Waals surface area contributed by atoms with Gasteiger partial charge in [0.05, 0.1) is 13.7 Å². The zero-order valence-electron chi connectivity index (χ0n) is 14.9. The Hall–Kier alpha value is -3.13. The lowest BCUT2D eigenvalue weighted by Gasteiger charge is -2.36. The summed E-state index contributed by atoms with van der Waals surface area (Å²) < 4.78 is 5.19. The van der Waals surface area contributed by atoms with Crippen LogP contribution in [0.2, 0.25) is 0 Å². The van der Waals surface area contributed by atoms with Crippen LogP contribution in [-0.2, 0) is 4.79 Å².